The normalized spacial score (nSPS) is 27.2. The van der Waals surface area contributed by atoms with Crippen LogP contribution in [0.4, 0.5) is 0 Å². The lowest BCUT2D eigenvalue weighted by Gasteiger charge is -2.28. The number of aliphatic hydroxyl groups is 1. The minimum Gasteiger partial charge on any atom is -0.389 e. The number of nitrogens with zero attached hydrogens (tertiary/aromatic N) is 1. The SMILES string of the molecule is CC(C)C(C)(O)CNCC1CCN(C)C1. The third-order valence-corrected chi connectivity index (χ3v) is 3.65. The molecule has 0 aromatic heterocycles. The van der Waals surface area contributed by atoms with Crippen molar-refractivity contribution in [3.63, 3.8) is 0 Å². The number of rotatable bonds is 5. The van der Waals surface area contributed by atoms with Crippen molar-refractivity contribution in [1.29, 1.82) is 0 Å². The molecule has 1 saturated heterocycles. The molecule has 1 rings (SSSR count). The van der Waals surface area contributed by atoms with Crippen molar-refractivity contribution in [3.8, 4) is 0 Å². The Morgan fingerprint density at radius 2 is 2.20 bits per heavy atom. The molecule has 0 aromatic rings. The van der Waals surface area contributed by atoms with Crippen molar-refractivity contribution in [1.82, 2.24) is 10.2 Å². The van der Waals surface area contributed by atoms with E-state index in [2.05, 4.69) is 31.1 Å². The van der Waals surface area contributed by atoms with Gasteiger partial charge in [-0.25, -0.2) is 0 Å². The van der Waals surface area contributed by atoms with Gasteiger partial charge in [0.15, 0.2) is 0 Å². The predicted octanol–water partition coefficient (Wildman–Crippen LogP) is 0.935. The summed E-state index contributed by atoms with van der Waals surface area (Å²) >= 11 is 0. The molecule has 15 heavy (non-hydrogen) atoms. The fourth-order valence-electron chi connectivity index (χ4n) is 1.93. The highest BCUT2D eigenvalue weighted by molar-refractivity contribution is 4.81. The summed E-state index contributed by atoms with van der Waals surface area (Å²) in [5, 5.41) is 13.4. The van der Waals surface area contributed by atoms with E-state index >= 15 is 0 Å². The smallest absolute Gasteiger partial charge is 0.0766 e. The molecule has 3 heteroatoms. The van der Waals surface area contributed by atoms with Gasteiger partial charge >= 0.3 is 0 Å². The maximum atomic E-state index is 10.0. The Morgan fingerprint density at radius 3 is 2.67 bits per heavy atom. The first-order valence-corrected chi connectivity index (χ1v) is 6.03. The molecule has 90 valence electrons. The first-order chi connectivity index (χ1) is 6.92. The van der Waals surface area contributed by atoms with Crippen molar-refractivity contribution < 1.29 is 5.11 Å². The molecule has 1 heterocycles. The van der Waals surface area contributed by atoms with E-state index in [0.29, 0.717) is 12.5 Å². The maximum Gasteiger partial charge on any atom is 0.0766 e. The van der Waals surface area contributed by atoms with E-state index in [-0.39, 0.29) is 0 Å². The highest BCUT2D eigenvalue weighted by Crippen LogP contribution is 2.16. The van der Waals surface area contributed by atoms with Crippen LogP contribution in [0.3, 0.4) is 0 Å². The van der Waals surface area contributed by atoms with Crippen molar-refractivity contribution in [2.45, 2.75) is 32.8 Å². The van der Waals surface area contributed by atoms with Crippen molar-refractivity contribution in [3.05, 3.63) is 0 Å². The average molecular weight is 214 g/mol. The molecule has 1 aliphatic rings. The Labute approximate surface area is 93.9 Å². The second kappa shape index (κ2) is 5.28. The standard InChI is InChI=1S/C12H26N2O/c1-10(2)12(3,15)9-13-7-11-5-6-14(4)8-11/h10-11,13,15H,5-9H2,1-4H3. The van der Waals surface area contributed by atoms with Crippen LogP contribution in [0.5, 0.6) is 0 Å². The van der Waals surface area contributed by atoms with Crippen LogP contribution in [0, 0.1) is 11.8 Å². The predicted molar refractivity (Wildman–Crippen MR) is 63.9 cm³/mol. The molecule has 0 radical (unpaired) electrons. The topological polar surface area (TPSA) is 35.5 Å². The maximum absolute atomic E-state index is 10.0. The van der Waals surface area contributed by atoms with Crippen LogP contribution in [0.25, 0.3) is 0 Å². The molecular formula is C12H26N2O. The van der Waals surface area contributed by atoms with Gasteiger partial charge in [0, 0.05) is 13.1 Å². The first-order valence-electron chi connectivity index (χ1n) is 6.03. The molecule has 2 N–H and O–H groups in total. The minimum atomic E-state index is -0.579. The molecule has 0 aromatic carbocycles. The van der Waals surface area contributed by atoms with E-state index in [9.17, 15) is 5.11 Å². The molecule has 3 nitrogen and oxygen atoms in total. The average Bonchev–Trinajstić information content (AvgIpc) is 2.51. The van der Waals surface area contributed by atoms with E-state index in [1.165, 1.54) is 19.5 Å². The zero-order valence-corrected chi connectivity index (χ0v) is 10.6. The van der Waals surface area contributed by atoms with Crippen LogP contribution < -0.4 is 5.32 Å². The van der Waals surface area contributed by atoms with Gasteiger partial charge in [0.25, 0.3) is 0 Å². The van der Waals surface area contributed by atoms with Gasteiger partial charge in [0.05, 0.1) is 5.60 Å². The molecular weight excluding hydrogens is 188 g/mol. The van der Waals surface area contributed by atoms with E-state index in [4.69, 9.17) is 0 Å². The van der Waals surface area contributed by atoms with Crippen LogP contribution in [-0.2, 0) is 0 Å². The quantitative estimate of drug-likeness (QED) is 0.715. The third kappa shape index (κ3) is 4.09. The Bertz CT molecular complexity index is 192. The largest absolute Gasteiger partial charge is 0.389 e. The second-order valence-corrected chi connectivity index (χ2v) is 5.56. The van der Waals surface area contributed by atoms with E-state index < -0.39 is 5.60 Å². The molecule has 1 fully saturated rings. The molecule has 0 bridgehead atoms. The van der Waals surface area contributed by atoms with E-state index in [0.717, 1.165) is 12.5 Å². The first kappa shape index (κ1) is 12.9. The minimum absolute atomic E-state index is 0.302. The summed E-state index contributed by atoms with van der Waals surface area (Å²) in [6, 6.07) is 0. The van der Waals surface area contributed by atoms with Crippen LogP contribution >= 0.6 is 0 Å². The van der Waals surface area contributed by atoms with Gasteiger partial charge in [-0.2, -0.15) is 0 Å². The lowest BCUT2D eigenvalue weighted by atomic mass is 9.92. The number of nitrogens with one attached hydrogen (secondary N) is 1. The van der Waals surface area contributed by atoms with E-state index in [1.54, 1.807) is 0 Å². The summed E-state index contributed by atoms with van der Waals surface area (Å²) in [4.78, 5) is 2.37. The monoisotopic (exact) mass is 214 g/mol. The lowest BCUT2D eigenvalue weighted by Crippen LogP contribution is -2.43. The lowest BCUT2D eigenvalue weighted by molar-refractivity contribution is 0.0137. The molecule has 0 saturated carbocycles. The van der Waals surface area contributed by atoms with Gasteiger partial charge < -0.3 is 15.3 Å². The molecule has 1 aliphatic heterocycles. The molecule has 0 amide bonds. The van der Waals surface area contributed by atoms with Gasteiger partial charge in [-0.1, -0.05) is 13.8 Å². The Morgan fingerprint density at radius 1 is 1.53 bits per heavy atom. The van der Waals surface area contributed by atoms with Gasteiger partial charge in [0.2, 0.25) is 0 Å². The molecule has 2 unspecified atom stereocenters. The zero-order valence-electron chi connectivity index (χ0n) is 10.6. The van der Waals surface area contributed by atoms with Crippen molar-refractivity contribution in [2.75, 3.05) is 33.2 Å². The highest BCUT2D eigenvalue weighted by atomic mass is 16.3. The summed E-state index contributed by atoms with van der Waals surface area (Å²) in [6.45, 7) is 10.2. The van der Waals surface area contributed by atoms with E-state index in [1.807, 2.05) is 6.92 Å². The number of hydrogen-bond acceptors (Lipinski definition) is 3. The Hall–Kier alpha value is -0.120. The fraction of sp³-hybridized carbons (Fsp3) is 1.00. The van der Waals surface area contributed by atoms with Gasteiger partial charge in [-0.05, 0) is 45.3 Å². The summed E-state index contributed by atoms with van der Waals surface area (Å²) in [5.41, 5.74) is -0.579. The summed E-state index contributed by atoms with van der Waals surface area (Å²) in [7, 11) is 2.17. The fourth-order valence-corrected chi connectivity index (χ4v) is 1.93. The van der Waals surface area contributed by atoms with Gasteiger partial charge in [-0.15, -0.1) is 0 Å². The number of likely N-dealkylation sites (tertiary alicyclic amines) is 1. The Balaban J connectivity index is 2.16. The van der Waals surface area contributed by atoms with Crippen LogP contribution in [0.2, 0.25) is 0 Å². The summed E-state index contributed by atoms with van der Waals surface area (Å²) in [5.74, 6) is 1.06. The molecule has 0 aliphatic carbocycles. The van der Waals surface area contributed by atoms with Crippen LogP contribution in [0.15, 0.2) is 0 Å². The summed E-state index contributed by atoms with van der Waals surface area (Å²) in [6.07, 6.45) is 1.29. The highest BCUT2D eigenvalue weighted by Gasteiger charge is 2.25. The second-order valence-electron chi connectivity index (χ2n) is 5.56. The number of hydrogen-bond donors (Lipinski definition) is 2. The van der Waals surface area contributed by atoms with Gasteiger partial charge in [0.1, 0.15) is 0 Å². The summed E-state index contributed by atoms with van der Waals surface area (Å²) < 4.78 is 0. The van der Waals surface area contributed by atoms with Crippen LogP contribution in [0.1, 0.15) is 27.2 Å². The molecule has 0 spiro atoms. The third-order valence-electron chi connectivity index (χ3n) is 3.65. The van der Waals surface area contributed by atoms with Crippen molar-refractivity contribution in [2.24, 2.45) is 11.8 Å². The van der Waals surface area contributed by atoms with Crippen molar-refractivity contribution >= 4 is 0 Å². The molecule has 2 atom stereocenters. The van der Waals surface area contributed by atoms with Crippen LogP contribution in [-0.4, -0.2) is 48.8 Å². The van der Waals surface area contributed by atoms with Gasteiger partial charge in [-0.3, -0.25) is 0 Å². The Kier molecular flexibility index (Phi) is 4.56. The zero-order chi connectivity index (χ0) is 11.5.